The van der Waals surface area contributed by atoms with E-state index in [9.17, 15) is 4.79 Å². The normalized spacial score (nSPS) is 18.0. The van der Waals surface area contributed by atoms with Crippen LogP contribution in [-0.4, -0.2) is 12.7 Å². The third-order valence-corrected chi connectivity index (χ3v) is 3.75. The summed E-state index contributed by atoms with van der Waals surface area (Å²) >= 11 is 0. The van der Waals surface area contributed by atoms with Gasteiger partial charge in [-0.1, -0.05) is 35.9 Å². The van der Waals surface area contributed by atoms with E-state index in [4.69, 9.17) is 4.74 Å². The molecular weight excluding hydrogens is 250 g/mol. The SMILES string of the molecule is C=C(C)[C@@H]1CCC(C)=C1COC(=O)Nc1ccccc1. The largest absolute Gasteiger partial charge is 0.445 e. The molecule has 1 aliphatic rings. The van der Waals surface area contributed by atoms with Gasteiger partial charge in [0.05, 0.1) is 0 Å². The van der Waals surface area contributed by atoms with Crippen molar-refractivity contribution < 1.29 is 9.53 Å². The Hall–Kier alpha value is -2.03. The van der Waals surface area contributed by atoms with Crippen LogP contribution in [0.15, 0.2) is 53.6 Å². The Balaban J connectivity index is 1.90. The van der Waals surface area contributed by atoms with Gasteiger partial charge >= 0.3 is 6.09 Å². The minimum atomic E-state index is -0.413. The molecule has 0 unspecified atom stereocenters. The third-order valence-electron chi connectivity index (χ3n) is 3.75. The summed E-state index contributed by atoms with van der Waals surface area (Å²) in [5, 5.41) is 2.72. The van der Waals surface area contributed by atoms with Gasteiger partial charge in [0.25, 0.3) is 0 Å². The van der Waals surface area contributed by atoms with Crippen LogP contribution in [0.3, 0.4) is 0 Å². The smallest absolute Gasteiger partial charge is 0.411 e. The molecular formula is C17H21NO2. The molecule has 0 saturated heterocycles. The van der Waals surface area contributed by atoms with Crippen LogP contribution in [0.25, 0.3) is 0 Å². The van der Waals surface area contributed by atoms with E-state index in [1.165, 1.54) is 11.1 Å². The molecule has 0 radical (unpaired) electrons. The first kappa shape index (κ1) is 14.4. The zero-order chi connectivity index (χ0) is 14.5. The maximum absolute atomic E-state index is 11.8. The monoisotopic (exact) mass is 271 g/mol. The summed E-state index contributed by atoms with van der Waals surface area (Å²) < 4.78 is 5.33. The first-order chi connectivity index (χ1) is 9.58. The number of amides is 1. The fourth-order valence-corrected chi connectivity index (χ4v) is 2.58. The second kappa shape index (κ2) is 6.42. The van der Waals surface area contributed by atoms with Crippen molar-refractivity contribution >= 4 is 11.8 Å². The molecule has 1 aliphatic carbocycles. The number of carbonyl (C=O) groups is 1. The van der Waals surface area contributed by atoms with Crippen molar-refractivity contribution in [2.45, 2.75) is 26.7 Å². The van der Waals surface area contributed by atoms with Gasteiger partial charge in [0.2, 0.25) is 0 Å². The predicted octanol–water partition coefficient (Wildman–Crippen LogP) is 4.54. The number of benzene rings is 1. The highest BCUT2D eigenvalue weighted by Gasteiger charge is 2.24. The molecule has 106 valence electrons. The van der Waals surface area contributed by atoms with Crippen LogP contribution in [0.2, 0.25) is 0 Å². The maximum atomic E-state index is 11.8. The van der Waals surface area contributed by atoms with E-state index in [1.807, 2.05) is 37.3 Å². The molecule has 0 heterocycles. The van der Waals surface area contributed by atoms with Gasteiger partial charge in [-0.25, -0.2) is 4.79 Å². The zero-order valence-electron chi connectivity index (χ0n) is 12.1. The Morgan fingerprint density at radius 2 is 2.10 bits per heavy atom. The molecule has 0 spiro atoms. The lowest BCUT2D eigenvalue weighted by Crippen LogP contribution is -2.17. The van der Waals surface area contributed by atoms with Gasteiger partial charge < -0.3 is 4.74 Å². The topological polar surface area (TPSA) is 38.3 Å². The van der Waals surface area contributed by atoms with Crippen molar-refractivity contribution in [3.63, 3.8) is 0 Å². The lowest BCUT2D eigenvalue weighted by Gasteiger charge is -2.16. The summed E-state index contributed by atoms with van der Waals surface area (Å²) in [6, 6.07) is 9.31. The van der Waals surface area contributed by atoms with Gasteiger partial charge in [0, 0.05) is 11.6 Å². The number of allylic oxidation sites excluding steroid dienone is 2. The molecule has 0 fully saturated rings. The molecule has 0 aromatic heterocycles. The molecule has 0 saturated carbocycles. The van der Waals surface area contributed by atoms with Gasteiger partial charge in [-0.15, -0.1) is 0 Å². The number of ether oxygens (including phenoxy) is 1. The molecule has 0 aliphatic heterocycles. The molecule has 1 aromatic rings. The Morgan fingerprint density at radius 1 is 1.40 bits per heavy atom. The zero-order valence-corrected chi connectivity index (χ0v) is 12.1. The van der Waals surface area contributed by atoms with Crippen LogP contribution < -0.4 is 5.32 Å². The molecule has 1 aromatic carbocycles. The fourth-order valence-electron chi connectivity index (χ4n) is 2.58. The standard InChI is InChI=1S/C17H21NO2/c1-12(2)15-10-9-13(3)16(15)11-20-17(19)18-14-7-5-4-6-8-14/h4-8,15H,1,9-11H2,2-3H3,(H,18,19)/t15-/m0/s1. The van der Waals surface area contributed by atoms with Crippen molar-refractivity contribution in [2.24, 2.45) is 5.92 Å². The van der Waals surface area contributed by atoms with E-state index in [2.05, 4.69) is 18.8 Å². The minimum absolute atomic E-state index is 0.349. The van der Waals surface area contributed by atoms with Crippen LogP contribution in [0.1, 0.15) is 26.7 Å². The highest BCUT2D eigenvalue weighted by molar-refractivity contribution is 5.84. The third kappa shape index (κ3) is 3.50. The van der Waals surface area contributed by atoms with Crippen LogP contribution >= 0.6 is 0 Å². The Kier molecular flexibility index (Phi) is 4.61. The summed E-state index contributed by atoms with van der Waals surface area (Å²) in [6.07, 6.45) is 1.74. The number of carbonyl (C=O) groups excluding carboxylic acids is 1. The number of nitrogens with one attached hydrogen (secondary N) is 1. The summed E-state index contributed by atoms with van der Waals surface area (Å²) in [5.74, 6) is 0.361. The van der Waals surface area contributed by atoms with Gasteiger partial charge in [0.1, 0.15) is 6.61 Å². The van der Waals surface area contributed by atoms with Crippen molar-refractivity contribution in [2.75, 3.05) is 11.9 Å². The first-order valence-electron chi connectivity index (χ1n) is 6.90. The molecule has 1 amide bonds. The van der Waals surface area contributed by atoms with Crippen LogP contribution in [0.4, 0.5) is 10.5 Å². The highest BCUT2D eigenvalue weighted by Crippen LogP contribution is 2.35. The van der Waals surface area contributed by atoms with Crippen molar-refractivity contribution in [1.29, 1.82) is 0 Å². The summed E-state index contributed by atoms with van der Waals surface area (Å²) in [7, 11) is 0. The van der Waals surface area contributed by atoms with E-state index < -0.39 is 6.09 Å². The van der Waals surface area contributed by atoms with Gasteiger partial charge in [-0.3, -0.25) is 5.32 Å². The van der Waals surface area contributed by atoms with Crippen LogP contribution in [0, 0.1) is 5.92 Å². The first-order valence-corrected chi connectivity index (χ1v) is 6.90. The number of rotatable bonds is 4. The highest BCUT2D eigenvalue weighted by atomic mass is 16.5. The molecule has 2 rings (SSSR count). The van der Waals surface area contributed by atoms with Crippen LogP contribution in [0.5, 0.6) is 0 Å². The minimum Gasteiger partial charge on any atom is -0.445 e. The maximum Gasteiger partial charge on any atom is 0.411 e. The Morgan fingerprint density at radius 3 is 2.75 bits per heavy atom. The summed E-state index contributed by atoms with van der Waals surface area (Å²) in [6.45, 7) is 8.52. The second-order valence-corrected chi connectivity index (χ2v) is 5.31. The summed E-state index contributed by atoms with van der Waals surface area (Å²) in [5.41, 5.74) is 4.42. The van der Waals surface area contributed by atoms with Gasteiger partial charge in [-0.05, 0) is 44.4 Å². The van der Waals surface area contributed by atoms with E-state index in [1.54, 1.807) is 0 Å². The van der Waals surface area contributed by atoms with Crippen LogP contribution in [-0.2, 0) is 4.74 Å². The Labute approximate surface area is 120 Å². The molecule has 0 bridgehead atoms. The lowest BCUT2D eigenvalue weighted by atomic mass is 9.95. The molecule has 1 atom stereocenters. The average Bonchev–Trinajstić information content (AvgIpc) is 2.79. The molecule has 20 heavy (non-hydrogen) atoms. The average molecular weight is 271 g/mol. The fraction of sp³-hybridized carbons (Fsp3) is 0.353. The quantitative estimate of drug-likeness (QED) is 0.816. The Bertz CT molecular complexity index is 531. The van der Waals surface area contributed by atoms with E-state index in [0.29, 0.717) is 12.5 Å². The van der Waals surface area contributed by atoms with Crippen molar-refractivity contribution in [1.82, 2.24) is 0 Å². The van der Waals surface area contributed by atoms with Gasteiger partial charge in [0.15, 0.2) is 0 Å². The molecule has 1 N–H and O–H groups in total. The van der Waals surface area contributed by atoms with Gasteiger partial charge in [-0.2, -0.15) is 0 Å². The van der Waals surface area contributed by atoms with E-state index >= 15 is 0 Å². The predicted molar refractivity (Wildman–Crippen MR) is 81.7 cm³/mol. The summed E-state index contributed by atoms with van der Waals surface area (Å²) in [4.78, 5) is 11.8. The van der Waals surface area contributed by atoms with Crippen molar-refractivity contribution in [3.05, 3.63) is 53.6 Å². The molecule has 3 nitrogen and oxygen atoms in total. The molecule has 3 heteroatoms. The second-order valence-electron chi connectivity index (χ2n) is 5.31. The van der Waals surface area contributed by atoms with E-state index in [-0.39, 0.29) is 0 Å². The number of hydrogen-bond acceptors (Lipinski definition) is 2. The lowest BCUT2D eigenvalue weighted by molar-refractivity contribution is 0.169. The number of hydrogen-bond donors (Lipinski definition) is 1. The number of anilines is 1. The van der Waals surface area contributed by atoms with Crippen molar-refractivity contribution in [3.8, 4) is 0 Å². The number of para-hydroxylation sites is 1. The van der Waals surface area contributed by atoms with E-state index in [0.717, 1.165) is 24.1 Å².